The number of anilines is 2. The molecule has 0 saturated heterocycles. The summed E-state index contributed by atoms with van der Waals surface area (Å²) in [5.74, 6) is 0.937. The molecular formula is C23H21ClN4O4S2. The molecule has 0 spiro atoms. The minimum atomic E-state index is -3.98. The van der Waals surface area contributed by atoms with Crippen LogP contribution in [0, 0.1) is 6.92 Å². The van der Waals surface area contributed by atoms with Gasteiger partial charge in [-0.1, -0.05) is 23.7 Å². The van der Waals surface area contributed by atoms with Crippen molar-refractivity contribution in [3.05, 3.63) is 64.0 Å². The number of hydrogen-bond acceptors (Lipinski definition) is 8. The fourth-order valence-corrected chi connectivity index (χ4v) is 5.84. The fourth-order valence-electron chi connectivity index (χ4n) is 3.64. The van der Waals surface area contributed by atoms with Gasteiger partial charge in [0.25, 0.3) is 15.9 Å². The van der Waals surface area contributed by atoms with Crippen LogP contribution >= 0.6 is 22.9 Å². The van der Waals surface area contributed by atoms with E-state index in [0.29, 0.717) is 27.5 Å². The molecule has 3 heterocycles. The minimum Gasteiger partial charge on any atom is -0.490 e. The van der Waals surface area contributed by atoms with E-state index in [2.05, 4.69) is 19.6 Å². The Hall–Kier alpha value is -3.08. The Bertz CT molecular complexity index is 1490. The summed E-state index contributed by atoms with van der Waals surface area (Å²) < 4.78 is 40.5. The number of nitrogens with zero attached hydrogens (tertiary/aromatic N) is 3. The lowest BCUT2D eigenvalue weighted by molar-refractivity contribution is 0.293. The molecule has 0 aliphatic carbocycles. The molecule has 1 aliphatic heterocycles. The summed E-state index contributed by atoms with van der Waals surface area (Å²) in [6, 6.07) is 12.3. The van der Waals surface area contributed by atoms with E-state index in [4.69, 9.17) is 21.1 Å². The van der Waals surface area contributed by atoms with Crippen molar-refractivity contribution in [2.24, 2.45) is 0 Å². The van der Waals surface area contributed by atoms with Crippen molar-refractivity contribution in [1.29, 1.82) is 0 Å². The van der Waals surface area contributed by atoms with Crippen LogP contribution in [0.2, 0.25) is 5.02 Å². The highest BCUT2D eigenvalue weighted by Crippen LogP contribution is 2.33. The normalized spacial score (nSPS) is 13.4. The number of fused-ring (bicyclic) bond motifs is 2. The largest absolute Gasteiger partial charge is 0.490 e. The van der Waals surface area contributed by atoms with Crippen LogP contribution in [0.1, 0.15) is 11.1 Å². The molecule has 0 radical (unpaired) electrons. The summed E-state index contributed by atoms with van der Waals surface area (Å²) in [5, 5.41) is 2.20. The van der Waals surface area contributed by atoms with Crippen LogP contribution in [0.15, 0.2) is 52.7 Å². The van der Waals surface area contributed by atoms with Crippen molar-refractivity contribution in [3.8, 4) is 11.6 Å². The summed E-state index contributed by atoms with van der Waals surface area (Å²) in [7, 11) is -1.97. The summed E-state index contributed by atoms with van der Waals surface area (Å²) >= 11 is 7.54. The molecule has 0 atom stereocenters. The van der Waals surface area contributed by atoms with E-state index in [0.717, 1.165) is 23.5 Å². The molecule has 1 N–H and O–H groups in total. The number of benzene rings is 2. The van der Waals surface area contributed by atoms with Gasteiger partial charge in [-0.2, -0.15) is 4.98 Å². The van der Waals surface area contributed by atoms with Gasteiger partial charge >= 0.3 is 0 Å². The van der Waals surface area contributed by atoms with Gasteiger partial charge in [0.15, 0.2) is 0 Å². The number of ether oxygens (including phenoxy) is 2. The molecule has 0 bridgehead atoms. The molecule has 4 aromatic rings. The summed E-state index contributed by atoms with van der Waals surface area (Å²) in [6.45, 7) is 3.27. The van der Waals surface area contributed by atoms with E-state index < -0.39 is 10.0 Å². The predicted octanol–water partition coefficient (Wildman–Crippen LogP) is 4.86. The molecule has 11 heteroatoms. The van der Waals surface area contributed by atoms with Crippen LogP contribution in [0.25, 0.3) is 10.3 Å². The first-order chi connectivity index (χ1) is 16.3. The van der Waals surface area contributed by atoms with E-state index in [1.54, 1.807) is 25.1 Å². The Labute approximate surface area is 206 Å². The Morgan fingerprint density at radius 1 is 1.24 bits per heavy atom. The van der Waals surface area contributed by atoms with Crippen molar-refractivity contribution >= 4 is 54.8 Å². The average Bonchev–Trinajstić information content (AvgIpc) is 3.26. The second kappa shape index (κ2) is 8.94. The van der Waals surface area contributed by atoms with Crippen molar-refractivity contribution in [2.45, 2.75) is 18.4 Å². The highest BCUT2D eigenvalue weighted by Gasteiger charge is 2.23. The molecule has 34 heavy (non-hydrogen) atoms. The number of aromatic nitrogens is 2. The lowest BCUT2D eigenvalue weighted by Gasteiger charge is -2.28. The standard InChI is InChI=1S/C23H21ClN4O4S2/c1-14-16(24)4-3-5-20(14)34(29,30)27-21-22(26-23-17(25-21)8-11-33-23)32-13-15-6-7-19-18(12-15)28(2)9-10-31-19/h3-8,11-12H,9-10,13H2,1-2H3,(H,25,27). The van der Waals surface area contributed by atoms with Crippen molar-refractivity contribution in [1.82, 2.24) is 9.97 Å². The van der Waals surface area contributed by atoms with E-state index >= 15 is 0 Å². The SMILES string of the molecule is Cc1c(Cl)cccc1S(=O)(=O)Nc1nc2ccsc2nc1OCc1ccc2c(c1)N(C)CCO2. The Kier molecular flexibility index (Phi) is 5.97. The molecule has 176 valence electrons. The lowest BCUT2D eigenvalue weighted by Crippen LogP contribution is -2.28. The molecule has 1 aliphatic rings. The average molecular weight is 517 g/mol. The predicted molar refractivity (Wildman–Crippen MR) is 134 cm³/mol. The molecule has 2 aromatic carbocycles. The van der Waals surface area contributed by atoms with E-state index in [9.17, 15) is 8.42 Å². The second-order valence-electron chi connectivity index (χ2n) is 7.82. The number of halogens is 1. The summed E-state index contributed by atoms with van der Waals surface area (Å²) in [6.07, 6.45) is 0. The number of rotatable bonds is 6. The number of sulfonamides is 1. The Morgan fingerprint density at radius 2 is 2.09 bits per heavy atom. The van der Waals surface area contributed by atoms with Gasteiger partial charge < -0.3 is 14.4 Å². The molecule has 8 nitrogen and oxygen atoms in total. The van der Waals surface area contributed by atoms with Crippen LogP contribution < -0.4 is 19.1 Å². The first kappa shape index (κ1) is 22.7. The van der Waals surface area contributed by atoms with Gasteiger partial charge in [-0.05, 0) is 53.8 Å². The van der Waals surface area contributed by atoms with Crippen molar-refractivity contribution in [3.63, 3.8) is 0 Å². The molecule has 0 amide bonds. The number of likely N-dealkylation sites (N-methyl/N-ethyl adjacent to an activating group) is 1. The van der Waals surface area contributed by atoms with Gasteiger partial charge in [-0.25, -0.2) is 13.4 Å². The van der Waals surface area contributed by atoms with Crippen LogP contribution in [0.5, 0.6) is 11.6 Å². The molecular weight excluding hydrogens is 496 g/mol. The fraction of sp³-hybridized carbons (Fsp3) is 0.217. The van der Waals surface area contributed by atoms with E-state index in [1.807, 2.05) is 30.6 Å². The van der Waals surface area contributed by atoms with E-state index in [1.165, 1.54) is 17.4 Å². The number of thiophene rings is 1. The molecule has 2 aromatic heterocycles. The van der Waals surface area contributed by atoms with Crippen molar-refractivity contribution in [2.75, 3.05) is 29.8 Å². The van der Waals surface area contributed by atoms with Gasteiger partial charge in [0.05, 0.1) is 17.1 Å². The third-order valence-corrected chi connectivity index (χ3v) is 8.18. The summed E-state index contributed by atoms with van der Waals surface area (Å²) in [4.78, 5) is 11.8. The first-order valence-electron chi connectivity index (χ1n) is 10.4. The maximum Gasteiger partial charge on any atom is 0.263 e. The monoisotopic (exact) mass is 516 g/mol. The maximum absolute atomic E-state index is 13.2. The third kappa shape index (κ3) is 4.36. The first-order valence-corrected chi connectivity index (χ1v) is 13.2. The zero-order chi connectivity index (χ0) is 23.9. The second-order valence-corrected chi connectivity index (χ2v) is 10.8. The van der Waals surface area contributed by atoms with Crippen LogP contribution in [0.3, 0.4) is 0 Å². The molecule has 0 fully saturated rings. The Balaban J connectivity index is 1.46. The minimum absolute atomic E-state index is 0.0173. The van der Waals surface area contributed by atoms with Crippen molar-refractivity contribution < 1.29 is 17.9 Å². The van der Waals surface area contributed by atoms with Crippen LogP contribution in [0.4, 0.5) is 11.5 Å². The topological polar surface area (TPSA) is 93.7 Å². The summed E-state index contributed by atoms with van der Waals surface area (Å²) in [5.41, 5.74) is 2.89. The van der Waals surface area contributed by atoms with Gasteiger partial charge in [0, 0.05) is 12.1 Å². The number of nitrogens with one attached hydrogen (secondary N) is 1. The van der Waals surface area contributed by atoms with Crippen LogP contribution in [-0.4, -0.2) is 38.6 Å². The quantitative estimate of drug-likeness (QED) is 0.391. The van der Waals surface area contributed by atoms with Gasteiger partial charge in [0.1, 0.15) is 29.3 Å². The smallest absolute Gasteiger partial charge is 0.263 e. The Morgan fingerprint density at radius 3 is 2.94 bits per heavy atom. The van der Waals surface area contributed by atoms with Gasteiger partial charge in [0.2, 0.25) is 5.82 Å². The molecule has 0 saturated carbocycles. The zero-order valence-electron chi connectivity index (χ0n) is 18.4. The highest BCUT2D eigenvalue weighted by atomic mass is 35.5. The maximum atomic E-state index is 13.2. The highest BCUT2D eigenvalue weighted by molar-refractivity contribution is 7.92. The molecule has 0 unspecified atom stereocenters. The van der Waals surface area contributed by atoms with E-state index in [-0.39, 0.29) is 23.2 Å². The van der Waals surface area contributed by atoms with Crippen LogP contribution in [-0.2, 0) is 16.6 Å². The molecule has 5 rings (SSSR count). The van der Waals surface area contributed by atoms with Gasteiger partial charge in [-0.3, -0.25) is 4.72 Å². The lowest BCUT2D eigenvalue weighted by atomic mass is 10.1. The number of hydrogen-bond donors (Lipinski definition) is 1. The zero-order valence-corrected chi connectivity index (χ0v) is 20.8. The third-order valence-electron chi connectivity index (χ3n) is 5.50. The van der Waals surface area contributed by atoms with Gasteiger partial charge in [-0.15, -0.1) is 11.3 Å².